The number of carbonyl (C=O) groups excluding carboxylic acids is 2. The van der Waals surface area contributed by atoms with E-state index >= 15 is 0 Å². The highest BCUT2D eigenvalue weighted by atomic mass is 16.5. The first kappa shape index (κ1) is 28.0. The summed E-state index contributed by atoms with van der Waals surface area (Å²) >= 11 is 0. The summed E-state index contributed by atoms with van der Waals surface area (Å²) in [6.07, 6.45) is 0.788. The van der Waals surface area contributed by atoms with Crippen LogP contribution in [-0.4, -0.2) is 59.8 Å². The molecule has 1 saturated carbocycles. The van der Waals surface area contributed by atoms with E-state index in [1.807, 2.05) is 54.6 Å². The normalized spacial score (nSPS) is 22.1. The first-order valence-electron chi connectivity index (χ1n) is 14.7. The number of rotatable bonds is 9. The summed E-state index contributed by atoms with van der Waals surface area (Å²) in [5, 5.41) is 12.8. The number of amides is 2. The number of fused-ring (bicyclic) bond motifs is 4. The van der Waals surface area contributed by atoms with Gasteiger partial charge in [-0.15, -0.1) is 0 Å². The van der Waals surface area contributed by atoms with Crippen molar-refractivity contribution in [1.82, 2.24) is 10.2 Å². The van der Waals surface area contributed by atoms with Gasteiger partial charge in [0.05, 0.1) is 18.1 Å². The van der Waals surface area contributed by atoms with Crippen molar-refractivity contribution in [1.29, 1.82) is 0 Å². The van der Waals surface area contributed by atoms with E-state index in [4.69, 9.17) is 9.47 Å². The third kappa shape index (κ3) is 5.15. The summed E-state index contributed by atoms with van der Waals surface area (Å²) in [5.74, 6) is -1.40. The Morgan fingerprint density at radius 3 is 2.26 bits per heavy atom. The Kier molecular flexibility index (Phi) is 7.73. The van der Waals surface area contributed by atoms with E-state index in [0.717, 1.165) is 40.7 Å². The predicted molar refractivity (Wildman–Crippen MR) is 157 cm³/mol. The predicted octanol–water partition coefficient (Wildman–Crippen LogP) is 5.21. The van der Waals surface area contributed by atoms with Crippen molar-refractivity contribution in [3.63, 3.8) is 0 Å². The zero-order chi connectivity index (χ0) is 29.3. The monoisotopic (exact) mass is 568 g/mol. The van der Waals surface area contributed by atoms with E-state index < -0.39 is 29.6 Å². The van der Waals surface area contributed by atoms with Gasteiger partial charge in [-0.25, -0.2) is 4.79 Å². The average molecular weight is 569 g/mol. The number of likely N-dealkylation sites (tertiary alicyclic amines) is 1. The maximum Gasteiger partial charge on any atom is 0.407 e. The van der Waals surface area contributed by atoms with Gasteiger partial charge in [-0.2, -0.15) is 0 Å². The molecule has 3 aromatic rings. The summed E-state index contributed by atoms with van der Waals surface area (Å²) in [5.41, 5.74) is 4.48. The SMILES string of the molecule is CC(OCc1ccccc1)C(NC(=O)OCC1c2ccccc2-c2ccccc21)C(=O)N1CC2CCCC2(C(=O)O)C1. The minimum atomic E-state index is -1.03. The van der Waals surface area contributed by atoms with E-state index in [2.05, 4.69) is 29.6 Å². The second-order valence-corrected chi connectivity index (χ2v) is 11.7. The van der Waals surface area contributed by atoms with E-state index in [1.54, 1.807) is 11.8 Å². The number of hydrogen-bond donors (Lipinski definition) is 2. The Morgan fingerprint density at radius 2 is 1.62 bits per heavy atom. The van der Waals surface area contributed by atoms with E-state index in [0.29, 0.717) is 13.0 Å². The van der Waals surface area contributed by atoms with Crippen LogP contribution in [-0.2, 0) is 25.7 Å². The number of carbonyl (C=O) groups is 3. The zero-order valence-corrected chi connectivity index (χ0v) is 23.7. The average Bonchev–Trinajstić information content (AvgIpc) is 3.68. The van der Waals surface area contributed by atoms with Gasteiger partial charge in [0.25, 0.3) is 0 Å². The van der Waals surface area contributed by atoms with Gasteiger partial charge in [-0.05, 0) is 53.5 Å². The minimum Gasteiger partial charge on any atom is -0.481 e. The van der Waals surface area contributed by atoms with Crippen LogP contribution in [0.15, 0.2) is 78.9 Å². The summed E-state index contributed by atoms with van der Waals surface area (Å²) in [7, 11) is 0. The third-order valence-corrected chi connectivity index (χ3v) is 9.32. The van der Waals surface area contributed by atoms with Crippen molar-refractivity contribution in [3.05, 3.63) is 95.6 Å². The molecular formula is C34H36N2O6. The van der Waals surface area contributed by atoms with Crippen LogP contribution in [0.25, 0.3) is 11.1 Å². The molecule has 4 unspecified atom stereocenters. The lowest BCUT2D eigenvalue weighted by atomic mass is 9.81. The number of carboxylic acids is 1. The van der Waals surface area contributed by atoms with Crippen LogP contribution in [0.1, 0.15) is 48.8 Å². The molecule has 218 valence electrons. The van der Waals surface area contributed by atoms with Crippen molar-refractivity contribution in [2.45, 2.75) is 50.9 Å². The maximum atomic E-state index is 13.9. The molecular weight excluding hydrogens is 532 g/mol. The van der Waals surface area contributed by atoms with E-state index in [9.17, 15) is 19.5 Å². The molecule has 0 bridgehead atoms. The van der Waals surface area contributed by atoms with Crippen LogP contribution in [0.5, 0.6) is 0 Å². The number of carboxylic acid groups (broad SMARTS) is 1. The Morgan fingerprint density at radius 1 is 0.976 bits per heavy atom. The smallest absolute Gasteiger partial charge is 0.407 e. The number of nitrogens with zero attached hydrogens (tertiary/aromatic N) is 1. The lowest BCUT2D eigenvalue weighted by Gasteiger charge is -2.30. The van der Waals surface area contributed by atoms with Crippen LogP contribution in [0.2, 0.25) is 0 Å². The van der Waals surface area contributed by atoms with Gasteiger partial charge in [0.1, 0.15) is 12.6 Å². The van der Waals surface area contributed by atoms with E-state index in [1.165, 1.54) is 0 Å². The molecule has 1 heterocycles. The molecule has 0 aromatic heterocycles. The molecule has 4 atom stereocenters. The van der Waals surface area contributed by atoms with Gasteiger partial charge in [0.2, 0.25) is 5.91 Å². The van der Waals surface area contributed by atoms with Crippen molar-refractivity contribution in [2.24, 2.45) is 11.3 Å². The molecule has 0 radical (unpaired) electrons. The van der Waals surface area contributed by atoms with Gasteiger partial charge in [-0.1, -0.05) is 85.3 Å². The minimum absolute atomic E-state index is 0.0883. The lowest BCUT2D eigenvalue weighted by Crippen LogP contribution is -2.54. The number of hydrogen-bond acceptors (Lipinski definition) is 5. The molecule has 2 amide bonds. The molecule has 6 rings (SSSR count). The first-order valence-corrected chi connectivity index (χ1v) is 14.7. The van der Waals surface area contributed by atoms with E-state index in [-0.39, 0.29) is 37.5 Å². The van der Waals surface area contributed by atoms with Gasteiger partial charge in [-0.3, -0.25) is 9.59 Å². The van der Waals surface area contributed by atoms with Crippen LogP contribution in [0.3, 0.4) is 0 Å². The number of benzene rings is 3. The largest absolute Gasteiger partial charge is 0.481 e. The molecule has 3 aliphatic rings. The zero-order valence-electron chi connectivity index (χ0n) is 23.7. The molecule has 2 aliphatic carbocycles. The number of alkyl carbamates (subject to hydrolysis) is 1. The van der Waals surface area contributed by atoms with Crippen molar-refractivity contribution < 1.29 is 29.0 Å². The number of ether oxygens (including phenoxy) is 2. The van der Waals surface area contributed by atoms with Crippen LogP contribution < -0.4 is 5.32 Å². The second-order valence-electron chi connectivity index (χ2n) is 11.7. The summed E-state index contributed by atoms with van der Waals surface area (Å²) < 4.78 is 11.8. The lowest BCUT2D eigenvalue weighted by molar-refractivity contribution is -0.149. The molecule has 42 heavy (non-hydrogen) atoms. The summed E-state index contributed by atoms with van der Waals surface area (Å²) in [6, 6.07) is 24.8. The fourth-order valence-electron chi connectivity index (χ4n) is 7.05. The van der Waals surface area contributed by atoms with Crippen LogP contribution in [0, 0.1) is 11.3 Å². The van der Waals surface area contributed by atoms with Gasteiger partial charge < -0.3 is 24.8 Å². The fraction of sp³-hybridized carbons (Fsp3) is 0.382. The molecule has 2 fully saturated rings. The number of aliphatic carboxylic acids is 1. The molecule has 3 aromatic carbocycles. The molecule has 2 N–H and O–H groups in total. The van der Waals surface area contributed by atoms with Crippen LogP contribution >= 0.6 is 0 Å². The standard InChI is InChI=1S/C34H36N2O6/c1-22(41-19-23-10-3-2-4-11-23)30(31(37)36-18-24-12-9-17-34(24,21-36)32(38)39)35-33(40)42-20-29-27-15-7-5-13-25(27)26-14-6-8-16-28(26)29/h2-8,10-11,13-16,22,24,29-30H,9,12,17-21H2,1H3,(H,35,40)(H,38,39). The van der Waals surface area contributed by atoms with Gasteiger partial charge in [0, 0.05) is 19.0 Å². The molecule has 0 spiro atoms. The quantitative estimate of drug-likeness (QED) is 0.367. The Bertz CT molecular complexity index is 1430. The van der Waals surface area contributed by atoms with Gasteiger partial charge >= 0.3 is 12.1 Å². The van der Waals surface area contributed by atoms with Crippen molar-refractivity contribution in [3.8, 4) is 11.1 Å². The number of nitrogens with one attached hydrogen (secondary N) is 1. The first-order chi connectivity index (χ1) is 20.4. The summed E-state index contributed by atoms with van der Waals surface area (Å²) in [6.45, 7) is 2.63. The Balaban J connectivity index is 1.17. The highest BCUT2D eigenvalue weighted by molar-refractivity contribution is 5.88. The molecule has 8 nitrogen and oxygen atoms in total. The topological polar surface area (TPSA) is 105 Å². The van der Waals surface area contributed by atoms with Crippen molar-refractivity contribution >= 4 is 18.0 Å². The fourth-order valence-corrected chi connectivity index (χ4v) is 7.05. The van der Waals surface area contributed by atoms with Crippen molar-refractivity contribution in [2.75, 3.05) is 19.7 Å². The van der Waals surface area contributed by atoms with Crippen LogP contribution in [0.4, 0.5) is 4.79 Å². The molecule has 1 aliphatic heterocycles. The Hall–Kier alpha value is -4.17. The molecule has 1 saturated heterocycles. The summed E-state index contributed by atoms with van der Waals surface area (Å²) in [4.78, 5) is 41.0. The maximum absolute atomic E-state index is 13.9. The second kappa shape index (κ2) is 11.6. The third-order valence-electron chi connectivity index (χ3n) is 9.32. The molecule has 8 heteroatoms. The highest BCUT2D eigenvalue weighted by Gasteiger charge is 2.56. The highest BCUT2D eigenvalue weighted by Crippen LogP contribution is 2.49. The Labute approximate surface area is 245 Å². The van der Waals surface area contributed by atoms with Gasteiger partial charge in [0.15, 0.2) is 0 Å².